The van der Waals surface area contributed by atoms with E-state index >= 15 is 0 Å². The average molecular weight is 760 g/mol. The molecule has 0 aromatic heterocycles. The summed E-state index contributed by atoms with van der Waals surface area (Å²) in [6, 6.07) is 17.4. The van der Waals surface area contributed by atoms with E-state index < -0.39 is 20.8 Å². The van der Waals surface area contributed by atoms with Crippen LogP contribution in [0.3, 0.4) is 0 Å². The summed E-state index contributed by atoms with van der Waals surface area (Å²) in [5.41, 5.74) is 5.67. The van der Waals surface area contributed by atoms with Gasteiger partial charge in [-0.3, -0.25) is 12.2 Å². The van der Waals surface area contributed by atoms with Crippen molar-refractivity contribution in [1.29, 1.82) is 0 Å². The van der Waals surface area contributed by atoms with Gasteiger partial charge in [-0.05, 0) is 22.3 Å². The van der Waals surface area contributed by atoms with E-state index in [1.807, 2.05) is 24.3 Å². The normalized spacial score (nSPS) is 15.4. The van der Waals surface area contributed by atoms with Gasteiger partial charge < -0.3 is 61.9 Å². The number of hydrogen-bond acceptors (Lipinski definition) is 0. The van der Waals surface area contributed by atoms with E-state index in [0.717, 1.165) is 12.8 Å². The van der Waals surface area contributed by atoms with Gasteiger partial charge in [0, 0.05) is 11.8 Å². The van der Waals surface area contributed by atoms with Crippen molar-refractivity contribution in [1.82, 2.24) is 0 Å². The Hall–Kier alpha value is -0.194. The molecule has 0 N–H and O–H groups in total. The third-order valence-corrected chi connectivity index (χ3v) is 5.24. The zero-order valence-electron chi connectivity index (χ0n) is 23.5. The summed E-state index contributed by atoms with van der Waals surface area (Å²) in [4.78, 5) is 0. The second kappa shape index (κ2) is 30.8. The zero-order valence-corrected chi connectivity index (χ0v) is 31.4. The van der Waals surface area contributed by atoms with Crippen LogP contribution in [-0.2, 0) is 47.1 Å². The van der Waals surface area contributed by atoms with E-state index in [1.165, 1.54) is 22.3 Å². The molecule has 6 rings (SSSR count). The first-order chi connectivity index (χ1) is 15.3. The van der Waals surface area contributed by atoms with Gasteiger partial charge in [-0.1, -0.05) is 72.8 Å². The fourth-order valence-corrected chi connectivity index (χ4v) is 3.86. The molecule has 0 aliphatic heterocycles. The van der Waals surface area contributed by atoms with E-state index in [4.69, 9.17) is 17.0 Å². The van der Waals surface area contributed by atoms with Gasteiger partial charge in [-0.25, -0.2) is 24.3 Å². The molecule has 0 bridgehead atoms. The van der Waals surface area contributed by atoms with E-state index in [1.54, 1.807) is 0 Å². The third-order valence-electron chi connectivity index (χ3n) is 5.24. The Morgan fingerprint density at radius 2 is 0.949 bits per heavy atom. The SMILES string of the molecule is C1=CC(C2C=Cc3ccccc32)c2ccccc21.[C-]1=CC=CC1.[C-]1=CC=CC1.[CH3-].[CH3-].[CH3-].[CH3-].[CH3-].[Cl-].[Cl-].[Cl][Zr+2][Cl].[Zr+2]. The molecule has 0 fully saturated rings. The summed E-state index contributed by atoms with van der Waals surface area (Å²) < 4.78 is 0. The standard InChI is InChI=1S/C18H14.2C5H5.5CH3.4ClH.2Zr/c1-3-7-15-13(5-1)9-11-17(15)18-12-10-14-6-2-4-8-16(14)18;2*1-2-4-5-3-1;;;;;;;;;;;/h1-12,17-18H;2*1-3H,4H2;5*1H3;4*1H;;/q;7*-1;;;;;+2;+4/p-4. The van der Waals surface area contributed by atoms with Crippen LogP contribution in [0, 0.1) is 49.3 Å². The van der Waals surface area contributed by atoms with Crippen molar-refractivity contribution in [2.24, 2.45) is 0 Å². The van der Waals surface area contributed by atoms with Crippen molar-refractivity contribution >= 4 is 29.2 Å². The number of rotatable bonds is 1. The minimum atomic E-state index is -0.826. The molecule has 2 aromatic carbocycles. The molecular formula is C33H39Cl4Zr2-5. The first-order valence-corrected chi connectivity index (χ1v) is 16.6. The van der Waals surface area contributed by atoms with Gasteiger partial charge in [0.05, 0.1) is 0 Å². The predicted octanol–water partition coefficient (Wildman–Crippen LogP) is 4.85. The number of benzene rings is 2. The van der Waals surface area contributed by atoms with Crippen LogP contribution in [-0.4, -0.2) is 0 Å². The largest absolute Gasteiger partial charge is 2.00 e. The Bertz CT molecular complexity index is 922. The molecule has 2 unspecified atom stereocenters. The van der Waals surface area contributed by atoms with Crippen LogP contribution in [0.4, 0.5) is 0 Å². The molecule has 0 saturated carbocycles. The van der Waals surface area contributed by atoms with Crippen LogP contribution >= 0.6 is 17.0 Å². The average Bonchev–Trinajstić information content (AvgIpc) is 3.62. The van der Waals surface area contributed by atoms with Crippen LogP contribution in [0.2, 0.25) is 0 Å². The summed E-state index contributed by atoms with van der Waals surface area (Å²) in [6.07, 6.45) is 29.2. The Kier molecular flexibility index (Phi) is 40.6. The van der Waals surface area contributed by atoms with Crippen LogP contribution in [0.25, 0.3) is 12.2 Å². The van der Waals surface area contributed by atoms with Crippen molar-refractivity contribution in [2.45, 2.75) is 24.7 Å². The van der Waals surface area contributed by atoms with Crippen molar-refractivity contribution < 1.29 is 71.9 Å². The van der Waals surface area contributed by atoms with E-state index in [9.17, 15) is 0 Å². The second-order valence-corrected chi connectivity index (χ2v) is 10.8. The summed E-state index contributed by atoms with van der Waals surface area (Å²) in [6.45, 7) is 0. The van der Waals surface area contributed by atoms with Crippen LogP contribution in [0.1, 0.15) is 46.9 Å². The fourth-order valence-electron chi connectivity index (χ4n) is 3.86. The monoisotopic (exact) mass is 755 g/mol. The van der Waals surface area contributed by atoms with Gasteiger partial charge in [-0.2, -0.15) is 12.2 Å². The first-order valence-electron chi connectivity index (χ1n) is 10.3. The van der Waals surface area contributed by atoms with Crippen molar-refractivity contribution in [3.8, 4) is 0 Å². The Labute approximate surface area is 291 Å². The van der Waals surface area contributed by atoms with Crippen LogP contribution in [0.15, 0.2) is 97.1 Å². The van der Waals surface area contributed by atoms with E-state index in [2.05, 4.69) is 97.1 Å². The number of halogens is 4. The smallest absolute Gasteiger partial charge is 2.00 e. The maximum absolute atomic E-state index is 4.93. The molecule has 4 aliphatic rings. The fraction of sp³-hybridized carbons (Fsp3) is 0.121. The van der Waals surface area contributed by atoms with E-state index in [-0.39, 0.29) is 88.2 Å². The van der Waals surface area contributed by atoms with Gasteiger partial charge in [-0.15, -0.1) is 12.8 Å². The molecule has 0 heterocycles. The van der Waals surface area contributed by atoms with Gasteiger partial charge in [0.25, 0.3) is 0 Å². The maximum Gasteiger partial charge on any atom is 2.00 e. The first kappa shape index (κ1) is 51.5. The van der Waals surface area contributed by atoms with Crippen LogP contribution < -0.4 is 24.8 Å². The molecular weight excluding hydrogens is 721 g/mol. The molecule has 6 heteroatoms. The minimum Gasteiger partial charge on any atom is 2.00 e. The molecule has 212 valence electrons. The molecule has 4 aliphatic carbocycles. The molecule has 0 radical (unpaired) electrons. The quantitative estimate of drug-likeness (QED) is 0.365. The van der Waals surface area contributed by atoms with Crippen molar-refractivity contribution in [3.05, 3.63) is 169 Å². The molecule has 0 amide bonds. The summed E-state index contributed by atoms with van der Waals surface area (Å²) in [5, 5.41) is 0. The molecule has 39 heavy (non-hydrogen) atoms. The molecule has 2 atom stereocenters. The number of hydrogen-bond donors (Lipinski definition) is 0. The van der Waals surface area contributed by atoms with Crippen LogP contribution in [0.5, 0.6) is 0 Å². The summed E-state index contributed by atoms with van der Waals surface area (Å²) >= 11 is -0.826. The van der Waals surface area contributed by atoms with Crippen molar-refractivity contribution in [3.63, 3.8) is 0 Å². The predicted molar refractivity (Wildman–Crippen MR) is 163 cm³/mol. The van der Waals surface area contributed by atoms with Gasteiger partial charge in [0.2, 0.25) is 0 Å². The number of fused-ring (bicyclic) bond motifs is 2. The third kappa shape index (κ3) is 16.7. The summed E-state index contributed by atoms with van der Waals surface area (Å²) in [7, 11) is 9.87. The summed E-state index contributed by atoms with van der Waals surface area (Å²) in [5.74, 6) is 1.00. The van der Waals surface area contributed by atoms with Crippen molar-refractivity contribution in [2.75, 3.05) is 0 Å². The van der Waals surface area contributed by atoms with Gasteiger partial charge in [0.1, 0.15) is 0 Å². The molecule has 0 nitrogen and oxygen atoms in total. The second-order valence-electron chi connectivity index (χ2n) is 7.11. The molecule has 0 saturated heterocycles. The number of allylic oxidation sites excluding steroid dienone is 10. The topological polar surface area (TPSA) is 0 Å². The van der Waals surface area contributed by atoms with Gasteiger partial charge in [0.15, 0.2) is 0 Å². The Morgan fingerprint density at radius 1 is 0.615 bits per heavy atom. The Balaban J connectivity index is -0.000000111. The molecule has 0 spiro atoms. The van der Waals surface area contributed by atoms with Gasteiger partial charge >= 0.3 is 64.1 Å². The Morgan fingerprint density at radius 3 is 1.21 bits per heavy atom. The molecule has 2 aromatic rings. The van der Waals surface area contributed by atoms with E-state index in [0.29, 0.717) is 11.8 Å². The minimum absolute atomic E-state index is 0. The maximum atomic E-state index is 4.93. The zero-order chi connectivity index (χ0) is 21.7.